The fourth-order valence-corrected chi connectivity index (χ4v) is 3.62. The average molecular weight is 423 g/mol. The Hall–Kier alpha value is -3.52. The summed E-state index contributed by atoms with van der Waals surface area (Å²) in [6.07, 6.45) is 4.68. The molecule has 1 fully saturated rings. The van der Waals surface area contributed by atoms with Crippen LogP contribution >= 0.6 is 11.8 Å². The first kappa shape index (κ1) is 19.8. The summed E-state index contributed by atoms with van der Waals surface area (Å²) in [4.78, 5) is 14.8. The highest BCUT2D eigenvalue weighted by Crippen LogP contribution is 2.33. The van der Waals surface area contributed by atoms with Gasteiger partial charge in [-0.2, -0.15) is 5.10 Å². The maximum atomic E-state index is 13.1. The van der Waals surface area contributed by atoms with Crippen LogP contribution in [0.1, 0.15) is 16.9 Å². The van der Waals surface area contributed by atoms with Crippen LogP contribution in [-0.4, -0.2) is 22.2 Å². The molecule has 30 heavy (non-hydrogen) atoms. The second kappa shape index (κ2) is 8.87. The SMILES string of the molecule is O=C1/C(=C/c2ccc(F)cc2)S/C(=N\N=C\c2ccc(F)cc2)N1Cc1ccco1. The third-order valence-electron chi connectivity index (χ3n) is 4.17. The number of carbonyl (C=O) groups excluding carboxylic acids is 1. The second-order valence-electron chi connectivity index (χ2n) is 6.31. The molecule has 1 aliphatic rings. The van der Waals surface area contributed by atoms with Crippen molar-refractivity contribution < 1.29 is 18.0 Å². The fraction of sp³-hybridized carbons (Fsp3) is 0.0455. The lowest BCUT2D eigenvalue weighted by Crippen LogP contribution is -2.28. The molecule has 4 rings (SSSR count). The molecule has 0 radical (unpaired) electrons. The molecular formula is C22H15F2N3O2S. The summed E-state index contributed by atoms with van der Waals surface area (Å²) in [5, 5.41) is 8.59. The lowest BCUT2D eigenvalue weighted by atomic mass is 10.2. The van der Waals surface area contributed by atoms with Crippen molar-refractivity contribution in [2.24, 2.45) is 10.2 Å². The smallest absolute Gasteiger partial charge is 0.267 e. The third kappa shape index (κ3) is 4.72. The predicted molar refractivity (Wildman–Crippen MR) is 113 cm³/mol. The van der Waals surface area contributed by atoms with Gasteiger partial charge in [0.1, 0.15) is 17.4 Å². The number of hydrogen-bond donors (Lipinski definition) is 0. The van der Waals surface area contributed by atoms with E-state index in [1.165, 1.54) is 41.6 Å². The van der Waals surface area contributed by atoms with Crippen molar-refractivity contribution in [3.8, 4) is 0 Å². The summed E-state index contributed by atoms with van der Waals surface area (Å²) in [6.45, 7) is 0.199. The van der Waals surface area contributed by atoms with Gasteiger partial charge in [-0.3, -0.25) is 9.69 Å². The molecule has 1 saturated heterocycles. The highest BCUT2D eigenvalue weighted by molar-refractivity contribution is 8.18. The minimum absolute atomic E-state index is 0.199. The Kier molecular flexibility index (Phi) is 5.85. The monoisotopic (exact) mass is 423 g/mol. The van der Waals surface area contributed by atoms with E-state index in [0.29, 0.717) is 27.0 Å². The molecule has 0 spiro atoms. The molecule has 3 aromatic rings. The van der Waals surface area contributed by atoms with Gasteiger partial charge in [-0.05, 0) is 65.4 Å². The molecule has 1 aliphatic heterocycles. The summed E-state index contributed by atoms with van der Waals surface area (Å²) in [5.41, 5.74) is 1.37. The Morgan fingerprint density at radius 2 is 1.63 bits per heavy atom. The Morgan fingerprint density at radius 3 is 2.27 bits per heavy atom. The number of halogens is 2. The van der Waals surface area contributed by atoms with Crippen LogP contribution in [0.5, 0.6) is 0 Å². The number of furan rings is 1. The van der Waals surface area contributed by atoms with E-state index in [0.717, 1.165) is 11.8 Å². The van der Waals surface area contributed by atoms with Gasteiger partial charge < -0.3 is 4.42 Å². The van der Waals surface area contributed by atoms with E-state index < -0.39 is 0 Å². The standard InChI is InChI=1S/C22H15F2N3O2S/c23-17-7-3-15(4-8-17)12-20-21(28)27(14-19-2-1-11-29-19)22(30-20)26-25-13-16-5-9-18(24)10-6-16/h1-13H,14H2/b20-12-,25-13+,26-22-. The van der Waals surface area contributed by atoms with E-state index in [2.05, 4.69) is 10.2 Å². The molecule has 0 saturated carbocycles. The number of nitrogens with zero attached hydrogens (tertiary/aromatic N) is 3. The molecule has 0 aliphatic carbocycles. The molecule has 8 heteroatoms. The van der Waals surface area contributed by atoms with E-state index in [4.69, 9.17) is 4.42 Å². The Morgan fingerprint density at radius 1 is 0.967 bits per heavy atom. The van der Waals surface area contributed by atoms with Crippen molar-refractivity contribution in [2.45, 2.75) is 6.54 Å². The van der Waals surface area contributed by atoms with Gasteiger partial charge in [0.25, 0.3) is 5.91 Å². The zero-order chi connectivity index (χ0) is 20.9. The summed E-state index contributed by atoms with van der Waals surface area (Å²) in [6, 6.07) is 15.2. The first-order valence-electron chi connectivity index (χ1n) is 8.94. The topological polar surface area (TPSA) is 58.2 Å². The van der Waals surface area contributed by atoms with Crippen LogP contribution in [0.4, 0.5) is 8.78 Å². The predicted octanol–water partition coefficient (Wildman–Crippen LogP) is 5.06. The summed E-state index contributed by atoms with van der Waals surface area (Å²) < 4.78 is 31.5. The molecule has 0 unspecified atom stereocenters. The zero-order valence-corrected chi connectivity index (χ0v) is 16.4. The Balaban J connectivity index is 1.60. The zero-order valence-electron chi connectivity index (χ0n) is 15.5. The van der Waals surface area contributed by atoms with E-state index >= 15 is 0 Å². The lowest BCUT2D eigenvalue weighted by Gasteiger charge is -2.12. The van der Waals surface area contributed by atoms with Crippen molar-refractivity contribution >= 4 is 35.1 Å². The van der Waals surface area contributed by atoms with Crippen LogP contribution in [0.2, 0.25) is 0 Å². The van der Waals surface area contributed by atoms with Crippen LogP contribution in [-0.2, 0) is 11.3 Å². The normalized spacial score (nSPS) is 17.0. The molecule has 150 valence electrons. The minimum Gasteiger partial charge on any atom is -0.467 e. The number of rotatable bonds is 5. The molecule has 5 nitrogen and oxygen atoms in total. The van der Waals surface area contributed by atoms with Crippen molar-refractivity contribution in [3.63, 3.8) is 0 Å². The van der Waals surface area contributed by atoms with Crippen LogP contribution in [0.15, 0.2) is 86.5 Å². The average Bonchev–Trinajstić information content (AvgIpc) is 3.35. The number of carbonyl (C=O) groups is 1. The van der Waals surface area contributed by atoms with Crippen molar-refractivity contribution in [1.82, 2.24) is 4.90 Å². The quantitative estimate of drug-likeness (QED) is 0.327. The van der Waals surface area contributed by atoms with Gasteiger partial charge >= 0.3 is 0 Å². The summed E-state index contributed by atoms with van der Waals surface area (Å²) in [5.74, 6) is -0.339. The first-order valence-corrected chi connectivity index (χ1v) is 9.76. The molecular weight excluding hydrogens is 408 g/mol. The largest absolute Gasteiger partial charge is 0.467 e. The van der Waals surface area contributed by atoms with Crippen molar-refractivity contribution in [2.75, 3.05) is 0 Å². The second-order valence-corrected chi connectivity index (χ2v) is 7.32. The molecule has 2 heterocycles. The maximum Gasteiger partial charge on any atom is 0.267 e. The van der Waals surface area contributed by atoms with Crippen LogP contribution in [0.25, 0.3) is 6.08 Å². The molecule has 1 amide bonds. The number of hydrogen-bond acceptors (Lipinski definition) is 5. The first-order chi connectivity index (χ1) is 14.6. The maximum absolute atomic E-state index is 13.1. The van der Waals surface area contributed by atoms with Gasteiger partial charge in [-0.15, -0.1) is 5.10 Å². The Labute approximate surface area is 175 Å². The Bertz CT molecular complexity index is 1120. The number of thioether (sulfide) groups is 1. The molecule has 0 atom stereocenters. The third-order valence-corrected chi connectivity index (χ3v) is 5.17. The number of amides is 1. The van der Waals surface area contributed by atoms with E-state index in [-0.39, 0.29) is 24.1 Å². The number of benzene rings is 2. The van der Waals surface area contributed by atoms with Gasteiger partial charge in [-0.25, -0.2) is 8.78 Å². The van der Waals surface area contributed by atoms with Crippen LogP contribution in [0, 0.1) is 11.6 Å². The molecule has 1 aromatic heterocycles. The van der Waals surface area contributed by atoms with Gasteiger partial charge in [0.2, 0.25) is 0 Å². The van der Waals surface area contributed by atoms with Gasteiger partial charge in [-0.1, -0.05) is 24.3 Å². The van der Waals surface area contributed by atoms with E-state index in [1.54, 1.807) is 42.5 Å². The van der Waals surface area contributed by atoms with Crippen LogP contribution < -0.4 is 0 Å². The van der Waals surface area contributed by atoms with Gasteiger partial charge in [0, 0.05) is 0 Å². The van der Waals surface area contributed by atoms with E-state index in [1.807, 2.05) is 0 Å². The molecule has 0 bridgehead atoms. The minimum atomic E-state index is -0.348. The van der Waals surface area contributed by atoms with Crippen molar-refractivity contribution in [3.05, 3.63) is 100 Å². The number of amidine groups is 1. The van der Waals surface area contributed by atoms with Crippen LogP contribution in [0.3, 0.4) is 0 Å². The lowest BCUT2D eigenvalue weighted by molar-refractivity contribution is -0.122. The van der Waals surface area contributed by atoms with Crippen molar-refractivity contribution in [1.29, 1.82) is 0 Å². The fourth-order valence-electron chi connectivity index (χ4n) is 2.68. The highest BCUT2D eigenvalue weighted by Gasteiger charge is 2.34. The molecule has 2 aromatic carbocycles. The van der Waals surface area contributed by atoms with Gasteiger partial charge in [0.05, 0.1) is 23.9 Å². The summed E-state index contributed by atoms with van der Waals surface area (Å²) >= 11 is 1.16. The molecule has 0 N–H and O–H groups in total. The van der Waals surface area contributed by atoms with E-state index in [9.17, 15) is 13.6 Å². The summed E-state index contributed by atoms with van der Waals surface area (Å²) in [7, 11) is 0. The van der Waals surface area contributed by atoms with Gasteiger partial charge in [0.15, 0.2) is 5.17 Å². The highest BCUT2D eigenvalue weighted by atomic mass is 32.2.